The Hall–Kier alpha value is -0.970. The molecule has 0 aliphatic heterocycles. The summed E-state index contributed by atoms with van der Waals surface area (Å²) < 4.78 is 26.8. The third-order valence-corrected chi connectivity index (χ3v) is 3.81. The van der Waals surface area contributed by atoms with Crippen molar-refractivity contribution in [2.75, 3.05) is 0 Å². The van der Waals surface area contributed by atoms with Gasteiger partial charge in [0.1, 0.15) is 16.0 Å². The molecule has 18 heavy (non-hydrogen) atoms. The molecule has 0 amide bonds. The van der Waals surface area contributed by atoms with Crippen LogP contribution in [0.3, 0.4) is 0 Å². The van der Waals surface area contributed by atoms with Gasteiger partial charge in [0.15, 0.2) is 5.78 Å². The highest BCUT2D eigenvalue weighted by molar-refractivity contribution is 7.20. The van der Waals surface area contributed by atoms with Gasteiger partial charge in [-0.25, -0.2) is 8.78 Å². The van der Waals surface area contributed by atoms with E-state index in [1.807, 2.05) is 0 Å². The van der Waals surface area contributed by atoms with Crippen molar-refractivity contribution in [3.05, 3.63) is 55.7 Å². The van der Waals surface area contributed by atoms with Gasteiger partial charge in [-0.3, -0.25) is 4.79 Å². The van der Waals surface area contributed by atoms with Crippen LogP contribution in [-0.2, 0) is 6.42 Å². The molecular weight excluding hydrogens is 301 g/mol. The summed E-state index contributed by atoms with van der Waals surface area (Å²) in [5, 5.41) is 0. The summed E-state index contributed by atoms with van der Waals surface area (Å²) in [4.78, 5) is 11.9. The zero-order valence-electron chi connectivity index (χ0n) is 8.84. The van der Waals surface area contributed by atoms with Crippen LogP contribution in [0.15, 0.2) is 24.3 Å². The first kappa shape index (κ1) is 13.5. The minimum absolute atomic E-state index is 0.125. The first-order valence-electron chi connectivity index (χ1n) is 4.89. The first-order valence-corrected chi connectivity index (χ1v) is 6.46. The molecule has 1 heterocycles. The Morgan fingerprint density at radius 1 is 1.22 bits per heavy atom. The Labute approximate surface area is 116 Å². The van der Waals surface area contributed by atoms with E-state index in [4.69, 9.17) is 23.2 Å². The lowest BCUT2D eigenvalue weighted by atomic mass is 10.0. The van der Waals surface area contributed by atoms with Crippen molar-refractivity contribution in [2.45, 2.75) is 6.42 Å². The Morgan fingerprint density at radius 2 is 1.94 bits per heavy atom. The standard InChI is InChI=1S/C12H6Cl2F2OS/c13-11-5-8(12(14)18-11)10(17)3-6-1-2-7(15)4-9(6)16/h1-2,4-5H,3H2. The van der Waals surface area contributed by atoms with Crippen LogP contribution < -0.4 is 0 Å². The van der Waals surface area contributed by atoms with Crippen LogP contribution in [0.2, 0.25) is 8.67 Å². The number of halogens is 4. The van der Waals surface area contributed by atoms with Crippen molar-refractivity contribution in [1.82, 2.24) is 0 Å². The third kappa shape index (κ3) is 2.88. The Morgan fingerprint density at radius 3 is 2.50 bits per heavy atom. The predicted octanol–water partition coefficient (Wildman–Crippen LogP) is 4.76. The molecule has 1 nitrogen and oxygen atoms in total. The quantitative estimate of drug-likeness (QED) is 0.747. The van der Waals surface area contributed by atoms with E-state index < -0.39 is 11.6 Å². The molecule has 6 heteroatoms. The van der Waals surface area contributed by atoms with Gasteiger partial charge in [0.2, 0.25) is 0 Å². The van der Waals surface area contributed by atoms with Crippen LogP contribution in [-0.4, -0.2) is 5.78 Å². The molecule has 0 spiro atoms. The molecule has 0 unspecified atom stereocenters. The highest BCUT2D eigenvalue weighted by atomic mass is 35.5. The van der Waals surface area contributed by atoms with Crippen LogP contribution in [0.5, 0.6) is 0 Å². The first-order chi connectivity index (χ1) is 8.47. The van der Waals surface area contributed by atoms with Gasteiger partial charge >= 0.3 is 0 Å². The van der Waals surface area contributed by atoms with E-state index in [0.29, 0.717) is 4.34 Å². The zero-order valence-corrected chi connectivity index (χ0v) is 11.2. The largest absolute Gasteiger partial charge is 0.294 e. The van der Waals surface area contributed by atoms with Crippen molar-refractivity contribution in [3.63, 3.8) is 0 Å². The van der Waals surface area contributed by atoms with Gasteiger partial charge in [0.05, 0.1) is 4.34 Å². The monoisotopic (exact) mass is 306 g/mol. The average Bonchev–Trinajstić information content (AvgIpc) is 2.62. The van der Waals surface area contributed by atoms with E-state index in [0.717, 1.165) is 23.5 Å². The summed E-state index contributed by atoms with van der Waals surface area (Å²) in [5.74, 6) is -1.78. The van der Waals surface area contributed by atoms with E-state index in [1.165, 1.54) is 12.1 Å². The van der Waals surface area contributed by atoms with E-state index in [1.54, 1.807) is 0 Å². The third-order valence-electron chi connectivity index (χ3n) is 2.32. The van der Waals surface area contributed by atoms with E-state index in [9.17, 15) is 13.6 Å². The summed E-state index contributed by atoms with van der Waals surface area (Å²) in [5.41, 5.74) is 0.384. The number of carbonyl (C=O) groups excluding carboxylic acids is 1. The summed E-state index contributed by atoms with van der Waals surface area (Å²) in [7, 11) is 0. The normalized spacial score (nSPS) is 10.7. The Kier molecular flexibility index (Phi) is 4.00. The van der Waals surface area contributed by atoms with Crippen LogP contribution in [0.1, 0.15) is 15.9 Å². The van der Waals surface area contributed by atoms with Gasteiger partial charge in [-0.2, -0.15) is 0 Å². The molecule has 0 aliphatic rings. The molecule has 2 rings (SSSR count). The summed E-state index contributed by atoms with van der Waals surface area (Å²) >= 11 is 12.6. The highest BCUT2D eigenvalue weighted by Crippen LogP contribution is 2.32. The SMILES string of the molecule is O=C(Cc1ccc(F)cc1F)c1cc(Cl)sc1Cl. The van der Waals surface area contributed by atoms with Crippen LogP contribution in [0, 0.1) is 11.6 Å². The van der Waals surface area contributed by atoms with Crippen molar-refractivity contribution < 1.29 is 13.6 Å². The van der Waals surface area contributed by atoms with Gasteiger partial charge in [-0.1, -0.05) is 29.3 Å². The van der Waals surface area contributed by atoms with Gasteiger partial charge in [-0.05, 0) is 17.7 Å². The molecule has 2 aromatic rings. The molecule has 1 aromatic heterocycles. The Bertz CT molecular complexity index is 610. The van der Waals surface area contributed by atoms with Gasteiger partial charge in [0.25, 0.3) is 0 Å². The molecule has 0 atom stereocenters. The van der Waals surface area contributed by atoms with E-state index in [-0.39, 0.29) is 27.7 Å². The molecule has 0 bridgehead atoms. The van der Waals surface area contributed by atoms with Gasteiger partial charge in [-0.15, -0.1) is 11.3 Å². The smallest absolute Gasteiger partial charge is 0.169 e. The minimum atomic E-state index is -0.749. The number of rotatable bonds is 3. The second kappa shape index (κ2) is 5.34. The number of hydrogen-bond acceptors (Lipinski definition) is 2. The zero-order chi connectivity index (χ0) is 13.3. The molecule has 0 aliphatic carbocycles. The molecule has 0 saturated heterocycles. The fourth-order valence-corrected chi connectivity index (χ4v) is 2.96. The number of benzene rings is 1. The van der Waals surface area contributed by atoms with E-state index in [2.05, 4.69) is 0 Å². The molecule has 0 N–H and O–H groups in total. The Balaban J connectivity index is 2.24. The number of ketones is 1. The van der Waals surface area contributed by atoms with Crippen LogP contribution >= 0.6 is 34.5 Å². The fourth-order valence-electron chi connectivity index (χ4n) is 1.46. The maximum atomic E-state index is 13.4. The molecule has 0 saturated carbocycles. The number of hydrogen-bond donors (Lipinski definition) is 0. The lowest BCUT2D eigenvalue weighted by Crippen LogP contribution is -2.04. The molecule has 1 aromatic carbocycles. The van der Waals surface area contributed by atoms with Crippen molar-refractivity contribution >= 4 is 40.3 Å². The number of Topliss-reactive ketones (excluding diaryl/α,β-unsaturated/α-hetero) is 1. The molecule has 0 radical (unpaired) electrons. The molecular formula is C12H6Cl2F2OS. The maximum Gasteiger partial charge on any atom is 0.169 e. The number of carbonyl (C=O) groups is 1. The predicted molar refractivity (Wildman–Crippen MR) is 68.7 cm³/mol. The minimum Gasteiger partial charge on any atom is -0.294 e. The van der Waals surface area contributed by atoms with Crippen molar-refractivity contribution in [3.8, 4) is 0 Å². The van der Waals surface area contributed by atoms with Gasteiger partial charge < -0.3 is 0 Å². The summed E-state index contributed by atoms with van der Waals surface area (Å²) in [6.45, 7) is 0. The lowest BCUT2D eigenvalue weighted by molar-refractivity contribution is 0.0992. The number of thiophene rings is 1. The maximum absolute atomic E-state index is 13.4. The second-order valence-electron chi connectivity index (χ2n) is 3.57. The lowest BCUT2D eigenvalue weighted by Gasteiger charge is -2.02. The topological polar surface area (TPSA) is 17.1 Å². The molecule has 94 valence electrons. The van der Waals surface area contributed by atoms with Crippen LogP contribution in [0.4, 0.5) is 8.78 Å². The van der Waals surface area contributed by atoms with Crippen LogP contribution in [0.25, 0.3) is 0 Å². The summed E-state index contributed by atoms with van der Waals surface area (Å²) in [6, 6.07) is 4.53. The van der Waals surface area contributed by atoms with Crippen molar-refractivity contribution in [2.24, 2.45) is 0 Å². The highest BCUT2D eigenvalue weighted by Gasteiger charge is 2.16. The fraction of sp³-hybridized carbons (Fsp3) is 0.0833. The van der Waals surface area contributed by atoms with Gasteiger partial charge in [0, 0.05) is 18.1 Å². The second-order valence-corrected chi connectivity index (χ2v) is 5.86. The van der Waals surface area contributed by atoms with E-state index >= 15 is 0 Å². The average molecular weight is 307 g/mol. The molecule has 0 fully saturated rings. The summed E-state index contributed by atoms with van der Waals surface area (Å²) in [6.07, 6.45) is -0.182. The van der Waals surface area contributed by atoms with Crippen molar-refractivity contribution in [1.29, 1.82) is 0 Å².